The SMILES string of the molecule is CC(C)(C)c1ccc(C(=O)N[C@H](Cc2ccccc2)C(N)=O)cc1. The van der Waals surface area contributed by atoms with Crippen LogP contribution >= 0.6 is 0 Å². The average Bonchev–Trinajstić information content (AvgIpc) is 2.54. The maximum atomic E-state index is 12.4. The number of nitrogens with one attached hydrogen (secondary N) is 1. The van der Waals surface area contributed by atoms with Crippen molar-refractivity contribution in [3.8, 4) is 0 Å². The first kappa shape index (κ1) is 17.7. The molecule has 0 bridgehead atoms. The highest BCUT2D eigenvalue weighted by Crippen LogP contribution is 2.22. The third kappa shape index (κ3) is 4.69. The maximum Gasteiger partial charge on any atom is 0.251 e. The van der Waals surface area contributed by atoms with Crippen LogP contribution in [0.2, 0.25) is 0 Å². The molecule has 0 aliphatic rings. The lowest BCUT2D eigenvalue weighted by Gasteiger charge is -2.19. The van der Waals surface area contributed by atoms with Crippen LogP contribution in [0.5, 0.6) is 0 Å². The quantitative estimate of drug-likeness (QED) is 0.887. The van der Waals surface area contributed by atoms with Gasteiger partial charge in [-0.15, -0.1) is 0 Å². The monoisotopic (exact) mass is 324 g/mol. The number of amides is 2. The van der Waals surface area contributed by atoms with Crippen LogP contribution in [0.3, 0.4) is 0 Å². The Bertz CT molecular complexity index is 701. The van der Waals surface area contributed by atoms with E-state index >= 15 is 0 Å². The molecular formula is C20H24N2O2. The Hall–Kier alpha value is -2.62. The first-order chi connectivity index (χ1) is 11.3. The molecule has 0 heterocycles. The second kappa shape index (κ2) is 7.30. The van der Waals surface area contributed by atoms with Crippen LogP contribution in [0.25, 0.3) is 0 Å². The van der Waals surface area contributed by atoms with Gasteiger partial charge in [0.2, 0.25) is 5.91 Å². The van der Waals surface area contributed by atoms with Gasteiger partial charge in [0.1, 0.15) is 6.04 Å². The minimum Gasteiger partial charge on any atom is -0.368 e. The molecule has 0 aromatic heterocycles. The number of primary amides is 1. The van der Waals surface area contributed by atoms with Gasteiger partial charge in [-0.2, -0.15) is 0 Å². The van der Waals surface area contributed by atoms with Crippen molar-refractivity contribution in [1.82, 2.24) is 5.32 Å². The van der Waals surface area contributed by atoms with Crippen molar-refractivity contribution in [2.24, 2.45) is 5.73 Å². The number of benzene rings is 2. The second-order valence-electron chi connectivity index (χ2n) is 6.95. The molecule has 2 aromatic rings. The average molecular weight is 324 g/mol. The third-order valence-corrected chi connectivity index (χ3v) is 3.94. The molecule has 3 N–H and O–H groups in total. The molecule has 4 heteroatoms. The summed E-state index contributed by atoms with van der Waals surface area (Å²) in [5, 5.41) is 2.73. The summed E-state index contributed by atoms with van der Waals surface area (Å²) in [5.41, 5.74) is 8.08. The van der Waals surface area contributed by atoms with Gasteiger partial charge in [0.25, 0.3) is 5.91 Å². The lowest BCUT2D eigenvalue weighted by atomic mass is 9.86. The summed E-state index contributed by atoms with van der Waals surface area (Å²) in [6.45, 7) is 6.35. The molecule has 0 aliphatic carbocycles. The van der Waals surface area contributed by atoms with E-state index in [1.165, 1.54) is 0 Å². The van der Waals surface area contributed by atoms with Crippen LogP contribution in [-0.4, -0.2) is 17.9 Å². The summed E-state index contributed by atoms with van der Waals surface area (Å²) in [6, 6.07) is 16.2. The van der Waals surface area contributed by atoms with Crippen molar-refractivity contribution in [2.45, 2.75) is 38.6 Å². The topological polar surface area (TPSA) is 72.2 Å². The van der Waals surface area contributed by atoms with Gasteiger partial charge in [0, 0.05) is 12.0 Å². The van der Waals surface area contributed by atoms with Gasteiger partial charge < -0.3 is 11.1 Å². The zero-order valence-electron chi connectivity index (χ0n) is 14.4. The lowest BCUT2D eigenvalue weighted by Crippen LogP contribution is -2.45. The molecule has 0 radical (unpaired) electrons. The molecule has 0 aliphatic heterocycles. The van der Waals surface area contributed by atoms with E-state index in [0.29, 0.717) is 12.0 Å². The third-order valence-electron chi connectivity index (χ3n) is 3.94. The minimum absolute atomic E-state index is 0.0259. The molecule has 2 aromatic carbocycles. The van der Waals surface area contributed by atoms with Crippen LogP contribution in [0.1, 0.15) is 42.3 Å². The summed E-state index contributed by atoms with van der Waals surface area (Å²) in [6.07, 6.45) is 0.377. The Morgan fingerprint density at radius 1 is 1.00 bits per heavy atom. The molecule has 4 nitrogen and oxygen atoms in total. The summed E-state index contributed by atoms with van der Waals surface area (Å²) in [7, 11) is 0. The molecule has 126 valence electrons. The fraction of sp³-hybridized carbons (Fsp3) is 0.300. The fourth-order valence-electron chi connectivity index (χ4n) is 2.44. The van der Waals surface area contributed by atoms with Crippen LogP contribution in [0.4, 0.5) is 0 Å². The highest BCUT2D eigenvalue weighted by Gasteiger charge is 2.20. The van der Waals surface area contributed by atoms with Crippen molar-refractivity contribution < 1.29 is 9.59 Å². The van der Waals surface area contributed by atoms with Gasteiger partial charge in [0.05, 0.1) is 0 Å². The molecule has 0 spiro atoms. The second-order valence-corrected chi connectivity index (χ2v) is 6.95. The zero-order chi connectivity index (χ0) is 17.7. The Balaban J connectivity index is 2.09. The van der Waals surface area contributed by atoms with Gasteiger partial charge in [-0.3, -0.25) is 9.59 Å². The molecular weight excluding hydrogens is 300 g/mol. The number of hydrogen-bond acceptors (Lipinski definition) is 2. The van der Waals surface area contributed by atoms with Gasteiger partial charge in [0.15, 0.2) is 0 Å². The van der Waals surface area contributed by atoms with E-state index in [1.807, 2.05) is 42.5 Å². The predicted octanol–water partition coefficient (Wildman–Crippen LogP) is 2.81. The molecule has 0 saturated carbocycles. The highest BCUT2D eigenvalue weighted by atomic mass is 16.2. The highest BCUT2D eigenvalue weighted by molar-refractivity contribution is 5.97. The van der Waals surface area contributed by atoms with Crippen molar-refractivity contribution in [1.29, 1.82) is 0 Å². The summed E-state index contributed by atoms with van der Waals surface area (Å²) < 4.78 is 0. The van der Waals surface area contributed by atoms with Crippen molar-refractivity contribution in [2.75, 3.05) is 0 Å². The van der Waals surface area contributed by atoms with Gasteiger partial charge in [-0.1, -0.05) is 63.2 Å². The minimum atomic E-state index is -0.734. The smallest absolute Gasteiger partial charge is 0.251 e. The predicted molar refractivity (Wildman–Crippen MR) is 95.7 cm³/mol. The van der Waals surface area contributed by atoms with Crippen LogP contribution < -0.4 is 11.1 Å². The van der Waals surface area contributed by atoms with E-state index in [1.54, 1.807) is 12.1 Å². The van der Waals surface area contributed by atoms with Crippen LogP contribution in [0.15, 0.2) is 54.6 Å². The zero-order valence-corrected chi connectivity index (χ0v) is 14.4. The van der Waals surface area contributed by atoms with Crippen LogP contribution in [0, 0.1) is 0 Å². The van der Waals surface area contributed by atoms with Gasteiger partial charge >= 0.3 is 0 Å². The van der Waals surface area contributed by atoms with Gasteiger partial charge in [-0.25, -0.2) is 0 Å². The normalized spacial score (nSPS) is 12.5. The Kier molecular flexibility index (Phi) is 5.39. The van der Waals surface area contributed by atoms with Crippen molar-refractivity contribution in [3.63, 3.8) is 0 Å². The molecule has 0 unspecified atom stereocenters. The van der Waals surface area contributed by atoms with E-state index in [9.17, 15) is 9.59 Å². The van der Waals surface area contributed by atoms with Crippen LogP contribution in [-0.2, 0) is 16.6 Å². The molecule has 2 rings (SSSR count). The molecule has 0 saturated heterocycles. The standard InChI is InChI=1S/C20H24N2O2/c1-20(2,3)16-11-9-15(10-12-16)19(24)22-17(18(21)23)13-14-7-5-4-6-8-14/h4-12,17H,13H2,1-3H3,(H2,21,23)(H,22,24)/t17-/m1/s1. The van der Waals surface area contributed by atoms with E-state index in [2.05, 4.69) is 26.1 Å². The molecule has 24 heavy (non-hydrogen) atoms. The fourth-order valence-corrected chi connectivity index (χ4v) is 2.44. The summed E-state index contributed by atoms with van der Waals surface area (Å²) >= 11 is 0. The van der Waals surface area contributed by atoms with Crippen molar-refractivity contribution in [3.05, 3.63) is 71.3 Å². The van der Waals surface area contributed by atoms with E-state index < -0.39 is 11.9 Å². The molecule has 1 atom stereocenters. The Morgan fingerprint density at radius 3 is 2.08 bits per heavy atom. The summed E-state index contributed by atoms with van der Waals surface area (Å²) in [4.78, 5) is 24.1. The molecule has 0 fully saturated rings. The number of carbonyl (C=O) groups excluding carboxylic acids is 2. The largest absolute Gasteiger partial charge is 0.368 e. The summed E-state index contributed by atoms with van der Waals surface area (Å²) in [5.74, 6) is -0.839. The number of hydrogen-bond donors (Lipinski definition) is 2. The van der Waals surface area contributed by atoms with Gasteiger partial charge in [-0.05, 0) is 28.7 Å². The first-order valence-electron chi connectivity index (χ1n) is 8.02. The Morgan fingerprint density at radius 2 is 1.58 bits per heavy atom. The maximum absolute atomic E-state index is 12.4. The van der Waals surface area contributed by atoms with Crippen molar-refractivity contribution >= 4 is 11.8 Å². The Labute approximate surface area is 143 Å². The van der Waals surface area contributed by atoms with E-state index in [4.69, 9.17) is 5.73 Å². The van der Waals surface area contributed by atoms with E-state index in [0.717, 1.165) is 11.1 Å². The lowest BCUT2D eigenvalue weighted by molar-refractivity contribution is -0.119. The number of rotatable bonds is 5. The number of carbonyl (C=O) groups is 2. The first-order valence-corrected chi connectivity index (χ1v) is 8.02. The molecule has 2 amide bonds. The number of nitrogens with two attached hydrogens (primary N) is 1. The van der Waals surface area contributed by atoms with E-state index in [-0.39, 0.29) is 11.3 Å².